The molecule has 0 saturated heterocycles. The van der Waals surface area contributed by atoms with Gasteiger partial charge in [0.05, 0.1) is 10.6 Å². The number of nitrogens with zero attached hydrogens (tertiary/aromatic N) is 1. The van der Waals surface area contributed by atoms with Crippen LogP contribution in [0.25, 0.3) is 0 Å². The van der Waals surface area contributed by atoms with E-state index in [-0.39, 0.29) is 5.91 Å². The van der Waals surface area contributed by atoms with Gasteiger partial charge in [0.2, 0.25) is 0 Å². The Bertz CT molecular complexity index is 459. The molecule has 0 aliphatic heterocycles. The van der Waals surface area contributed by atoms with Crippen molar-refractivity contribution in [2.45, 2.75) is 24.8 Å². The minimum Gasteiger partial charge on any atom is -0.396 e. The second-order valence-electron chi connectivity index (χ2n) is 4.76. The van der Waals surface area contributed by atoms with Gasteiger partial charge in [-0.2, -0.15) is 0 Å². The quantitative estimate of drug-likeness (QED) is 0.673. The van der Waals surface area contributed by atoms with Gasteiger partial charge in [0.15, 0.2) is 0 Å². The van der Waals surface area contributed by atoms with E-state index < -0.39 is 0 Å². The maximum Gasteiger partial charge on any atom is 0.263 e. The third-order valence-corrected chi connectivity index (χ3v) is 5.21. The van der Waals surface area contributed by atoms with Crippen molar-refractivity contribution in [3.63, 3.8) is 0 Å². The van der Waals surface area contributed by atoms with Crippen LogP contribution >= 0.6 is 23.1 Å². The zero-order valence-corrected chi connectivity index (χ0v) is 14.4. The van der Waals surface area contributed by atoms with Crippen molar-refractivity contribution in [2.24, 2.45) is 0 Å². The normalized spacial score (nSPS) is 12.5. The number of thiophene rings is 1. The van der Waals surface area contributed by atoms with E-state index in [2.05, 4.69) is 22.5 Å². The molecule has 4 N–H and O–H groups in total. The van der Waals surface area contributed by atoms with Crippen molar-refractivity contribution in [3.8, 4) is 0 Å². The summed E-state index contributed by atoms with van der Waals surface area (Å²) in [6.07, 6.45) is 1.97. The maximum absolute atomic E-state index is 12.0. The molecule has 1 rings (SSSR count). The molecule has 0 fully saturated rings. The van der Waals surface area contributed by atoms with Gasteiger partial charge in [-0.15, -0.1) is 23.1 Å². The number of nitrogens with two attached hydrogens (primary N) is 1. The predicted molar refractivity (Wildman–Crippen MR) is 90.2 cm³/mol. The van der Waals surface area contributed by atoms with Crippen molar-refractivity contribution in [1.82, 2.24) is 10.2 Å². The summed E-state index contributed by atoms with van der Waals surface area (Å²) in [5, 5.41) is 7.17. The highest BCUT2D eigenvalue weighted by Crippen LogP contribution is 2.41. The van der Waals surface area contributed by atoms with Gasteiger partial charge in [0.1, 0.15) is 9.88 Å². The molecule has 1 aromatic heterocycles. The third-order valence-electron chi connectivity index (χ3n) is 3.09. The van der Waals surface area contributed by atoms with Crippen molar-refractivity contribution >= 4 is 39.7 Å². The summed E-state index contributed by atoms with van der Waals surface area (Å²) in [7, 11) is 4.09. The van der Waals surface area contributed by atoms with E-state index in [0.717, 1.165) is 16.4 Å². The van der Waals surface area contributed by atoms with Gasteiger partial charge in [-0.05, 0) is 34.2 Å². The number of hydrogen-bond acceptors (Lipinski definition) is 6. The van der Waals surface area contributed by atoms with E-state index in [1.54, 1.807) is 11.8 Å². The molecule has 1 atom stereocenters. The zero-order chi connectivity index (χ0) is 15.3. The number of carbonyl (C=O) groups is 1. The molecule has 1 unspecified atom stereocenters. The Balaban J connectivity index is 2.91. The predicted octanol–water partition coefficient (Wildman–Crippen LogP) is 2.16. The van der Waals surface area contributed by atoms with Gasteiger partial charge < -0.3 is 21.3 Å². The lowest BCUT2D eigenvalue weighted by Crippen LogP contribution is -2.31. The standard InChI is InChI=1S/C13H24N4OS2/c1-6-15-12(18)10-9(14)11(19-5)13(20-10)16-7-8(2)17(3)4/h8,16H,6-7,14H2,1-5H3,(H,15,18). The molecule has 7 heteroatoms. The fourth-order valence-corrected chi connectivity index (χ4v) is 3.54. The molecule has 0 saturated carbocycles. The highest BCUT2D eigenvalue weighted by molar-refractivity contribution is 7.99. The lowest BCUT2D eigenvalue weighted by molar-refractivity contribution is 0.0960. The Labute approximate surface area is 129 Å². The number of nitrogens with one attached hydrogen (secondary N) is 2. The first-order valence-electron chi connectivity index (χ1n) is 6.57. The van der Waals surface area contributed by atoms with E-state index in [1.165, 1.54) is 11.3 Å². The topological polar surface area (TPSA) is 70.4 Å². The molecule has 20 heavy (non-hydrogen) atoms. The summed E-state index contributed by atoms with van der Waals surface area (Å²) >= 11 is 2.99. The molecule has 0 spiro atoms. The second kappa shape index (κ2) is 7.75. The fourth-order valence-electron chi connectivity index (χ4n) is 1.58. The molecular weight excluding hydrogens is 292 g/mol. The SMILES string of the molecule is CCNC(=O)c1sc(NCC(C)N(C)C)c(SC)c1N. The molecule has 1 amide bonds. The lowest BCUT2D eigenvalue weighted by atomic mass is 10.3. The molecule has 0 aromatic carbocycles. The van der Waals surface area contributed by atoms with E-state index in [9.17, 15) is 4.79 Å². The lowest BCUT2D eigenvalue weighted by Gasteiger charge is -2.20. The summed E-state index contributed by atoms with van der Waals surface area (Å²) in [6, 6.07) is 0.404. The number of hydrogen-bond donors (Lipinski definition) is 3. The Morgan fingerprint density at radius 2 is 2.15 bits per heavy atom. The van der Waals surface area contributed by atoms with E-state index in [4.69, 9.17) is 5.73 Å². The molecule has 0 aliphatic carbocycles. The summed E-state index contributed by atoms with van der Waals surface area (Å²) in [5.41, 5.74) is 6.67. The van der Waals surface area contributed by atoms with Crippen LogP contribution in [0.15, 0.2) is 4.90 Å². The summed E-state index contributed by atoms with van der Waals surface area (Å²) < 4.78 is 0. The van der Waals surface area contributed by atoms with Crippen LogP contribution in [-0.4, -0.2) is 50.3 Å². The van der Waals surface area contributed by atoms with Gasteiger partial charge in [-0.1, -0.05) is 0 Å². The molecule has 5 nitrogen and oxygen atoms in total. The summed E-state index contributed by atoms with van der Waals surface area (Å²) in [6.45, 7) is 5.46. The Hall–Kier alpha value is -0.920. The largest absolute Gasteiger partial charge is 0.396 e. The van der Waals surface area contributed by atoms with Crippen LogP contribution in [0.2, 0.25) is 0 Å². The van der Waals surface area contributed by atoms with Crippen molar-refractivity contribution in [3.05, 3.63) is 4.88 Å². The highest BCUT2D eigenvalue weighted by atomic mass is 32.2. The van der Waals surface area contributed by atoms with E-state index in [1.807, 2.05) is 27.3 Å². The Kier molecular flexibility index (Phi) is 6.64. The van der Waals surface area contributed by atoms with Crippen LogP contribution in [0.1, 0.15) is 23.5 Å². The van der Waals surface area contributed by atoms with Crippen LogP contribution < -0.4 is 16.4 Å². The maximum atomic E-state index is 12.0. The Morgan fingerprint density at radius 1 is 1.50 bits per heavy atom. The van der Waals surface area contributed by atoms with E-state index >= 15 is 0 Å². The molecule has 114 valence electrons. The molecule has 1 aromatic rings. The second-order valence-corrected chi connectivity index (χ2v) is 6.60. The summed E-state index contributed by atoms with van der Waals surface area (Å²) in [4.78, 5) is 15.7. The number of thioether (sulfide) groups is 1. The van der Waals surface area contributed by atoms with Crippen LogP contribution in [0.5, 0.6) is 0 Å². The van der Waals surface area contributed by atoms with Crippen LogP contribution in [-0.2, 0) is 0 Å². The number of carbonyl (C=O) groups excluding carboxylic acids is 1. The highest BCUT2D eigenvalue weighted by Gasteiger charge is 2.20. The van der Waals surface area contributed by atoms with Gasteiger partial charge in [-0.25, -0.2) is 0 Å². The first kappa shape index (κ1) is 17.1. The smallest absolute Gasteiger partial charge is 0.263 e. The minimum atomic E-state index is -0.0981. The fraction of sp³-hybridized carbons (Fsp3) is 0.615. The number of rotatable bonds is 7. The average molecular weight is 316 g/mol. The molecule has 0 bridgehead atoms. The first-order chi connectivity index (χ1) is 9.42. The van der Waals surface area contributed by atoms with Crippen molar-refractivity contribution < 1.29 is 4.79 Å². The molecular formula is C13H24N4OS2. The molecule has 0 aliphatic rings. The molecule has 0 radical (unpaired) electrons. The van der Waals surface area contributed by atoms with Gasteiger partial charge in [0, 0.05) is 19.1 Å². The molecule has 1 heterocycles. The van der Waals surface area contributed by atoms with Crippen LogP contribution in [0, 0.1) is 0 Å². The van der Waals surface area contributed by atoms with E-state index in [0.29, 0.717) is 23.2 Å². The van der Waals surface area contributed by atoms with Crippen molar-refractivity contribution in [2.75, 3.05) is 44.5 Å². The first-order valence-corrected chi connectivity index (χ1v) is 8.61. The number of likely N-dealkylation sites (N-methyl/N-ethyl adjacent to an activating group) is 1. The Morgan fingerprint density at radius 3 is 2.65 bits per heavy atom. The third kappa shape index (κ3) is 4.04. The number of amides is 1. The van der Waals surface area contributed by atoms with Crippen LogP contribution in [0.3, 0.4) is 0 Å². The minimum absolute atomic E-state index is 0.0981. The van der Waals surface area contributed by atoms with Crippen molar-refractivity contribution in [1.29, 1.82) is 0 Å². The van der Waals surface area contributed by atoms with Crippen LogP contribution in [0.4, 0.5) is 10.7 Å². The average Bonchev–Trinajstić information content (AvgIpc) is 2.72. The monoisotopic (exact) mass is 316 g/mol. The summed E-state index contributed by atoms with van der Waals surface area (Å²) in [5.74, 6) is -0.0981. The number of anilines is 2. The van der Waals surface area contributed by atoms with Gasteiger partial charge >= 0.3 is 0 Å². The van der Waals surface area contributed by atoms with Gasteiger partial charge in [0.25, 0.3) is 5.91 Å². The zero-order valence-electron chi connectivity index (χ0n) is 12.7. The van der Waals surface area contributed by atoms with Gasteiger partial charge in [-0.3, -0.25) is 4.79 Å². The number of nitrogen functional groups attached to an aromatic ring is 1.